The van der Waals surface area contributed by atoms with Gasteiger partial charge in [0.25, 0.3) is 0 Å². The third kappa shape index (κ3) is 3.72. The summed E-state index contributed by atoms with van der Waals surface area (Å²) in [6.45, 7) is 5.42. The quantitative estimate of drug-likeness (QED) is 0.827. The van der Waals surface area contributed by atoms with Gasteiger partial charge in [0.2, 0.25) is 11.8 Å². The fourth-order valence-corrected chi connectivity index (χ4v) is 3.59. The molecule has 2 amide bonds. The molecule has 7 heteroatoms. The maximum absolute atomic E-state index is 13.0. The van der Waals surface area contributed by atoms with Gasteiger partial charge in [-0.05, 0) is 51.9 Å². The summed E-state index contributed by atoms with van der Waals surface area (Å²) >= 11 is 0. The summed E-state index contributed by atoms with van der Waals surface area (Å²) in [5, 5.41) is 2.80. The highest BCUT2D eigenvalue weighted by Gasteiger charge is 2.35. The average Bonchev–Trinajstić information content (AvgIpc) is 2.66. The molecular weight excluding hydrogens is 334 g/mol. The Bertz CT molecular complexity index is 698. The van der Waals surface area contributed by atoms with E-state index < -0.39 is 0 Å². The van der Waals surface area contributed by atoms with Crippen LogP contribution in [0.2, 0.25) is 0 Å². The molecule has 1 aromatic rings. The molecule has 2 aliphatic rings. The van der Waals surface area contributed by atoms with Crippen molar-refractivity contribution in [3.63, 3.8) is 0 Å². The van der Waals surface area contributed by atoms with E-state index in [1.807, 2.05) is 25.1 Å². The molecule has 3 rings (SSSR count). The number of ether oxygens (including phenoxy) is 1. The van der Waals surface area contributed by atoms with Gasteiger partial charge in [0.05, 0.1) is 29.9 Å². The monoisotopic (exact) mass is 359 g/mol. The molecule has 2 aliphatic heterocycles. The highest BCUT2D eigenvalue weighted by Crippen LogP contribution is 2.30. The van der Waals surface area contributed by atoms with Gasteiger partial charge in [-0.3, -0.25) is 24.2 Å². The van der Waals surface area contributed by atoms with Crippen LogP contribution in [0.15, 0.2) is 24.3 Å². The van der Waals surface area contributed by atoms with Crippen LogP contribution < -0.4 is 10.2 Å². The van der Waals surface area contributed by atoms with Gasteiger partial charge in [0, 0.05) is 0 Å². The van der Waals surface area contributed by atoms with E-state index in [1.54, 1.807) is 17.9 Å². The Morgan fingerprint density at radius 2 is 1.96 bits per heavy atom. The van der Waals surface area contributed by atoms with Crippen molar-refractivity contribution in [2.24, 2.45) is 5.92 Å². The Morgan fingerprint density at radius 1 is 1.27 bits per heavy atom. The molecule has 26 heavy (non-hydrogen) atoms. The Labute approximate surface area is 153 Å². The molecule has 1 aromatic carbocycles. The maximum Gasteiger partial charge on any atom is 0.309 e. The summed E-state index contributed by atoms with van der Waals surface area (Å²) in [4.78, 5) is 40.5. The second-order valence-corrected chi connectivity index (χ2v) is 6.73. The van der Waals surface area contributed by atoms with Crippen molar-refractivity contribution < 1.29 is 19.1 Å². The lowest BCUT2D eigenvalue weighted by molar-refractivity contribution is -0.149. The highest BCUT2D eigenvalue weighted by molar-refractivity contribution is 6.11. The van der Waals surface area contributed by atoms with E-state index in [1.165, 1.54) is 0 Å². The number of likely N-dealkylation sites (tertiary alicyclic amines) is 1. The van der Waals surface area contributed by atoms with Crippen LogP contribution >= 0.6 is 0 Å². The second-order valence-electron chi connectivity index (χ2n) is 6.73. The lowest BCUT2D eigenvalue weighted by Gasteiger charge is -2.38. The summed E-state index contributed by atoms with van der Waals surface area (Å²) in [5.41, 5.74) is 1.38. The average molecular weight is 359 g/mol. The van der Waals surface area contributed by atoms with Crippen LogP contribution in [0.3, 0.4) is 0 Å². The second kappa shape index (κ2) is 7.86. The molecular formula is C19H25N3O4. The molecule has 0 spiro atoms. The van der Waals surface area contributed by atoms with E-state index in [-0.39, 0.29) is 36.3 Å². The molecule has 0 saturated carbocycles. The number of fused-ring (bicyclic) bond motifs is 1. The zero-order valence-electron chi connectivity index (χ0n) is 15.2. The zero-order valence-corrected chi connectivity index (χ0v) is 15.2. The minimum absolute atomic E-state index is 0.0273. The Kier molecular flexibility index (Phi) is 5.56. The van der Waals surface area contributed by atoms with Gasteiger partial charge in [-0.2, -0.15) is 0 Å². The normalized spacial score (nSPS) is 19.5. The van der Waals surface area contributed by atoms with Gasteiger partial charge in [-0.15, -0.1) is 0 Å². The minimum atomic E-state index is -0.350. The number of hydrogen-bond donors (Lipinski definition) is 1. The number of rotatable bonds is 4. The highest BCUT2D eigenvalue weighted by atomic mass is 16.5. The van der Waals surface area contributed by atoms with Crippen LogP contribution in [0.4, 0.5) is 11.4 Å². The first-order valence-electron chi connectivity index (χ1n) is 9.12. The number of anilines is 2. The first kappa shape index (κ1) is 18.4. The van der Waals surface area contributed by atoms with Crippen LogP contribution in [-0.2, 0) is 19.1 Å². The predicted octanol–water partition coefficient (Wildman–Crippen LogP) is 1.64. The predicted molar refractivity (Wildman–Crippen MR) is 97.8 cm³/mol. The third-order valence-electron chi connectivity index (χ3n) is 5.09. The van der Waals surface area contributed by atoms with E-state index in [9.17, 15) is 14.4 Å². The van der Waals surface area contributed by atoms with Gasteiger partial charge in [-0.1, -0.05) is 12.1 Å². The summed E-state index contributed by atoms with van der Waals surface area (Å²) in [6, 6.07) is 6.97. The van der Waals surface area contributed by atoms with E-state index >= 15 is 0 Å². The molecule has 1 fully saturated rings. The molecule has 1 N–H and O–H groups in total. The number of hydrogen-bond acceptors (Lipinski definition) is 5. The number of amides is 2. The molecule has 0 radical (unpaired) electrons. The lowest BCUT2D eigenvalue weighted by atomic mass is 9.96. The molecule has 140 valence electrons. The number of piperidine rings is 1. The van der Waals surface area contributed by atoms with Gasteiger partial charge in [0.15, 0.2) is 0 Å². The molecule has 1 atom stereocenters. The van der Waals surface area contributed by atoms with Crippen LogP contribution in [0, 0.1) is 5.92 Å². The van der Waals surface area contributed by atoms with Gasteiger partial charge >= 0.3 is 5.97 Å². The molecule has 2 heterocycles. The fraction of sp³-hybridized carbons (Fsp3) is 0.526. The fourth-order valence-electron chi connectivity index (χ4n) is 3.59. The molecule has 1 saturated heterocycles. The molecule has 0 bridgehead atoms. The van der Waals surface area contributed by atoms with Gasteiger partial charge in [-0.25, -0.2) is 0 Å². The Hall–Kier alpha value is -2.41. The SMILES string of the molecule is CCOC(=O)C1CCN([C@@H](C)C(=O)N2CC(=O)Nc3ccccc32)CC1. The number of esters is 1. The topological polar surface area (TPSA) is 79.0 Å². The Morgan fingerprint density at radius 3 is 2.65 bits per heavy atom. The van der Waals surface area contributed by atoms with Crippen LogP contribution in [0.1, 0.15) is 26.7 Å². The molecule has 0 aromatic heterocycles. The van der Waals surface area contributed by atoms with Crippen molar-refractivity contribution in [3.05, 3.63) is 24.3 Å². The first-order valence-corrected chi connectivity index (χ1v) is 9.12. The van der Waals surface area contributed by atoms with E-state index in [2.05, 4.69) is 10.2 Å². The number of benzene rings is 1. The minimum Gasteiger partial charge on any atom is -0.466 e. The van der Waals surface area contributed by atoms with E-state index in [0.717, 1.165) is 5.69 Å². The standard InChI is InChI=1S/C19H25N3O4/c1-3-26-19(25)14-8-10-21(11-9-14)13(2)18(24)22-12-17(23)20-15-6-4-5-7-16(15)22/h4-7,13-14H,3,8-12H2,1-2H3,(H,20,23)/t13-/m0/s1. The lowest BCUT2D eigenvalue weighted by Crippen LogP contribution is -2.53. The van der Waals surface area contributed by atoms with Gasteiger partial charge < -0.3 is 10.1 Å². The smallest absolute Gasteiger partial charge is 0.309 e. The Balaban J connectivity index is 1.66. The zero-order chi connectivity index (χ0) is 18.7. The van der Waals surface area contributed by atoms with Crippen molar-refractivity contribution in [1.82, 2.24) is 4.90 Å². The summed E-state index contributed by atoms with van der Waals surface area (Å²) < 4.78 is 5.09. The maximum atomic E-state index is 13.0. The molecule has 7 nitrogen and oxygen atoms in total. The number of nitrogens with zero attached hydrogens (tertiary/aromatic N) is 2. The van der Waals surface area contributed by atoms with Crippen LogP contribution in [0.25, 0.3) is 0 Å². The van der Waals surface area contributed by atoms with E-state index in [4.69, 9.17) is 4.74 Å². The number of carbonyl (C=O) groups is 3. The summed E-state index contributed by atoms with van der Waals surface area (Å²) in [5.74, 6) is -0.519. The van der Waals surface area contributed by atoms with E-state index in [0.29, 0.717) is 38.2 Å². The largest absolute Gasteiger partial charge is 0.466 e. The first-order chi connectivity index (χ1) is 12.5. The van der Waals surface area contributed by atoms with Crippen LogP contribution in [0.5, 0.6) is 0 Å². The number of para-hydroxylation sites is 2. The van der Waals surface area contributed by atoms with Crippen molar-refractivity contribution in [2.45, 2.75) is 32.7 Å². The van der Waals surface area contributed by atoms with Crippen molar-refractivity contribution in [3.8, 4) is 0 Å². The number of nitrogens with one attached hydrogen (secondary N) is 1. The number of carbonyl (C=O) groups excluding carboxylic acids is 3. The van der Waals surface area contributed by atoms with Crippen molar-refractivity contribution in [2.75, 3.05) is 36.5 Å². The summed E-state index contributed by atoms with van der Waals surface area (Å²) in [6.07, 6.45) is 1.38. The molecule has 0 aliphatic carbocycles. The molecule has 0 unspecified atom stereocenters. The van der Waals surface area contributed by atoms with Gasteiger partial charge in [0.1, 0.15) is 6.54 Å². The van der Waals surface area contributed by atoms with Crippen molar-refractivity contribution in [1.29, 1.82) is 0 Å². The van der Waals surface area contributed by atoms with Crippen molar-refractivity contribution >= 4 is 29.2 Å². The summed E-state index contributed by atoms with van der Waals surface area (Å²) in [7, 11) is 0. The van der Waals surface area contributed by atoms with Crippen LogP contribution in [-0.4, -0.2) is 55.0 Å². The third-order valence-corrected chi connectivity index (χ3v) is 5.09.